The fraction of sp³-hybridized carbons (Fsp3) is 0.286. The Bertz CT molecular complexity index is 864. The first kappa shape index (κ1) is 18.3. The molecule has 26 heavy (non-hydrogen) atoms. The van der Waals surface area contributed by atoms with Gasteiger partial charge in [0.2, 0.25) is 0 Å². The minimum atomic E-state index is -0.0468. The van der Waals surface area contributed by atoms with Gasteiger partial charge in [0, 0.05) is 41.9 Å². The third-order valence-corrected chi connectivity index (χ3v) is 5.06. The Morgan fingerprint density at radius 3 is 2.58 bits per heavy atom. The van der Waals surface area contributed by atoms with Gasteiger partial charge in [-0.2, -0.15) is 0 Å². The first-order valence-electron chi connectivity index (χ1n) is 8.67. The van der Waals surface area contributed by atoms with Crippen molar-refractivity contribution < 1.29 is 4.79 Å². The van der Waals surface area contributed by atoms with Crippen LogP contribution in [0, 0.1) is 0 Å². The summed E-state index contributed by atoms with van der Waals surface area (Å²) in [5.41, 5.74) is 3.94. The second kappa shape index (κ2) is 7.79. The summed E-state index contributed by atoms with van der Waals surface area (Å²) in [6.45, 7) is 7.06. The maximum absolute atomic E-state index is 12.3. The number of hydrogen-bond acceptors (Lipinski definition) is 4. The number of benzene rings is 1. The maximum atomic E-state index is 12.3. The molecule has 0 saturated carbocycles. The van der Waals surface area contributed by atoms with E-state index in [0.717, 1.165) is 22.7 Å². The predicted octanol–water partition coefficient (Wildman–Crippen LogP) is 4.48. The van der Waals surface area contributed by atoms with E-state index in [-0.39, 0.29) is 11.3 Å². The van der Waals surface area contributed by atoms with Gasteiger partial charge in [-0.15, -0.1) is 11.3 Å². The standard InChI is InChI=1S/C21H23N3OS/c1-21(2,3)17-8-6-15(7-9-17)20(25)23-12-10-19-24-18(14-26-19)16-5-4-11-22-13-16/h4-9,11,13-14H,10,12H2,1-3H3,(H,23,25). The lowest BCUT2D eigenvalue weighted by atomic mass is 9.87. The van der Waals surface area contributed by atoms with Crippen molar-refractivity contribution in [2.24, 2.45) is 0 Å². The summed E-state index contributed by atoms with van der Waals surface area (Å²) in [6, 6.07) is 11.7. The van der Waals surface area contributed by atoms with Gasteiger partial charge in [0.05, 0.1) is 10.7 Å². The summed E-state index contributed by atoms with van der Waals surface area (Å²) < 4.78 is 0. The van der Waals surface area contributed by atoms with Crippen LogP contribution in [-0.2, 0) is 11.8 Å². The molecule has 0 aliphatic carbocycles. The second-order valence-corrected chi connectivity index (χ2v) is 8.14. The normalized spacial score (nSPS) is 11.3. The van der Waals surface area contributed by atoms with Crippen molar-refractivity contribution in [2.75, 3.05) is 6.54 Å². The van der Waals surface area contributed by atoms with Gasteiger partial charge in [-0.1, -0.05) is 32.9 Å². The molecule has 0 fully saturated rings. The molecular weight excluding hydrogens is 342 g/mol. The van der Waals surface area contributed by atoms with Crippen molar-refractivity contribution in [3.63, 3.8) is 0 Å². The highest BCUT2D eigenvalue weighted by molar-refractivity contribution is 7.09. The quantitative estimate of drug-likeness (QED) is 0.725. The van der Waals surface area contributed by atoms with Crippen LogP contribution in [0.25, 0.3) is 11.3 Å². The first-order chi connectivity index (χ1) is 12.4. The third kappa shape index (κ3) is 4.55. The Kier molecular flexibility index (Phi) is 5.47. The zero-order valence-corrected chi connectivity index (χ0v) is 16.1. The Morgan fingerprint density at radius 1 is 1.15 bits per heavy atom. The smallest absolute Gasteiger partial charge is 0.251 e. The predicted molar refractivity (Wildman–Crippen MR) is 107 cm³/mol. The molecule has 0 unspecified atom stereocenters. The molecule has 3 rings (SSSR count). The van der Waals surface area contributed by atoms with Gasteiger partial charge in [0.25, 0.3) is 5.91 Å². The summed E-state index contributed by atoms with van der Waals surface area (Å²) >= 11 is 1.61. The van der Waals surface area contributed by atoms with E-state index in [4.69, 9.17) is 0 Å². The van der Waals surface area contributed by atoms with Crippen LogP contribution in [0.3, 0.4) is 0 Å². The first-order valence-corrected chi connectivity index (χ1v) is 9.55. The molecular formula is C21H23N3OS. The summed E-state index contributed by atoms with van der Waals surface area (Å²) in [5.74, 6) is -0.0468. The van der Waals surface area contributed by atoms with E-state index in [9.17, 15) is 4.79 Å². The van der Waals surface area contributed by atoms with Crippen molar-refractivity contribution in [2.45, 2.75) is 32.6 Å². The number of carbonyl (C=O) groups is 1. The number of hydrogen-bond donors (Lipinski definition) is 1. The topological polar surface area (TPSA) is 54.9 Å². The molecule has 3 aromatic rings. The lowest BCUT2D eigenvalue weighted by Gasteiger charge is -2.19. The van der Waals surface area contributed by atoms with Gasteiger partial charge in [0.15, 0.2) is 0 Å². The van der Waals surface area contributed by atoms with Gasteiger partial charge in [-0.25, -0.2) is 4.98 Å². The average Bonchev–Trinajstić information content (AvgIpc) is 3.11. The molecule has 134 valence electrons. The molecule has 0 aliphatic rings. The number of nitrogens with one attached hydrogen (secondary N) is 1. The zero-order valence-electron chi connectivity index (χ0n) is 15.3. The zero-order chi connectivity index (χ0) is 18.6. The van der Waals surface area contributed by atoms with E-state index in [1.807, 2.05) is 48.0 Å². The minimum absolute atomic E-state index is 0.0468. The lowest BCUT2D eigenvalue weighted by molar-refractivity contribution is 0.0954. The largest absolute Gasteiger partial charge is 0.352 e. The molecule has 4 nitrogen and oxygen atoms in total. The van der Waals surface area contributed by atoms with Crippen LogP contribution in [0.4, 0.5) is 0 Å². The molecule has 1 aromatic carbocycles. The van der Waals surface area contributed by atoms with Crippen molar-refractivity contribution >= 4 is 17.2 Å². The van der Waals surface area contributed by atoms with Gasteiger partial charge in [-0.05, 0) is 35.2 Å². The van der Waals surface area contributed by atoms with E-state index in [1.165, 1.54) is 5.56 Å². The average molecular weight is 366 g/mol. The molecule has 0 spiro atoms. The van der Waals surface area contributed by atoms with Crippen LogP contribution in [0.2, 0.25) is 0 Å². The SMILES string of the molecule is CC(C)(C)c1ccc(C(=O)NCCc2nc(-c3cccnc3)cs2)cc1. The van der Waals surface area contributed by atoms with Crippen LogP contribution >= 0.6 is 11.3 Å². The van der Waals surface area contributed by atoms with E-state index in [2.05, 4.69) is 36.1 Å². The van der Waals surface area contributed by atoms with Crippen LogP contribution in [0.15, 0.2) is 54.2 Å². The Labute approximate surface area is 158 Å². The highest BCUT2D eigenvalue weighted by Gasteiger charge is 2.14. The summed E-state index contributed by atoms with van der Waals surface area (Å²) in [4.78, 5) is 21.0. The Hall–Kier alpha value is -2.53. The highest BCUT2D eigenvalue weighted by atomic mass is 32.1. The van der Waals surface area contributed by atoms with Crippen LogP contribution in [0.1, 0.15) is 41.7 Å². The molecule has 2 aromatic heterocycles. The molecule has 1 amide bonds. The number of aromatic nitrogens is 2. The molecule has 0 saturated heterocycles. The maximum Gasteiger partial charge on any atom is 0.251 e. The molecule has 0 atom stereocenters. The van der Waals surface area contributed by atoms with Gasteiger partial charge in [0.1, 0.15) is 0 Å². The summed E-state index contributed by atoms with van der Waals surface area (Å²) in [5, 5.41) is 6.00. The Morgan fingerprint density at radius 2 is 1.92 bits per heavy atom. The number of nitrogens with zero attached hydrogens (tertiary/aromatic N) is 2. The number of thiazole rings is 1. The van der Waals surface area contributed by atoms with Crippen LogP contribution < -0.4 is 5.32 Å². The van der Waals surface area contributed by atoms with Crippen LogP contribution in [-0.4, -0.2) is 22.4 Å². The number of pyridine rings is 1. The van der Waals surface area contributed by atoms with Crippen molar-refractivity contribution in [1.82, 2.24) is 15.3 Å². The number of amides is 1. The van der Waals surface area contributed by atoms with Gasteiger partial charge < -0.3 is 5.32 Å². The van der Waals surface area contributed by atoms with E-state index in [0.29, 0.717) is 12.1 Å². The summed E-state index contributed by atoms with van der Waals surface area (Å²) in [7, 11) is 0. The highest BCUT2D eigenvalue weighted by Crippen LogP contribution is 2.22. The molecule has 2 heterocycles. The van der Waals surface area contributed by atoms with E-state index < -0.39 is 0 Å². The van der Waals surface area contributed by atoms with Crippen molar-refractivity contribution in [3.8, 4) is 11.3 Å². The number of rotatable bonds is 5. The van der Waals surface area contributed by atoms with Crippen molar-refractivity contribution in [3.05, 3.63) is 70.3 Å². The second-order valence-electron chi connectivity index (χ2n) is 7.20. The fourth-order valence-corrected chi connectivity index (χ4v) is 3.39. The molecule has 5 heteroatoms. The molecule has 0 radical (unpaired) electrons. The van der Waals surface area contributed by atoms with Gasteiger partial charge in [-0.3, -0.25) is 9.78 Å². The minimum Gasteiger partial charge on any atom is -0.352 e. The van der Waals surface area contributed by atoms with Gasteiger partial charge >= 0.3 is 0 Å². The molecule has 1 N–H and O–H groups in total. The molecule has 0 aliphatic heterocycles. The van der Waals surface area contributed by atoms with E-state index in [1.54, 1.807) is 17.5 Å². The molecule has 0 bridgehead atoms. The van der Waals surface area contributed by atoms with E-state index >= 15 is 0 Å². The fourth-order valence-electron chi connectivity index (χ4n) is 2.58. The number of carbonyl (C=O) groups excluding carboxylic acids is 1. The van der Waals surface area contributed by atoms with Crippen molar-refractivity contribution in [1.29, 1.82) is 0 Å². The monoisotopic (exact) mass is 365 g/mol. The third-order valence-electron chi connectivity index (χ3n) is 4.15. The van der Waals surface area contributed by atoms with Crippen LogP contribution in [0.5, 0.6) is 0 Å². The lowest BCUT2D eigenvalue weighted by Crippen LogP contribution is -2.25. The Balaban J connectivity index is 1.53. The summed E-state index contributed by atoms with van der Waals surface area (Å²) in [6.07, 6.45) is 4.28.